The number of rotatable bonds is 4. The van der Waals surface area contributed by atoms with Gasteiger partial charge in [0.25, 0.3) is 0 Å². The fourth-order valence-electron chi connectivity index (χ4n) is 2.93. The molecule has 1 aliphatic rings. The first kappa shape index (κ1) is 15.8. The molecule has 0 saturated carbocycles. The molecule has 0 amide bonds. The summed E-state index contributed by atoms with van der Waals surface area (Å²) in [6.45, 7) is 11.4. The first-order valence-corrected chi connectivity index (χ1v) is 7.70. The molecule has 4 nitrogen and oxygen atoms in total. The zero-order valence-electron chi connectivity index (χ0n) is 13.2. The standard InChI is InChI=1S/C17H25N3O/c1-13(2)12-19-6-8-20(9-7-19)17-10-15(11-18)4-5-16(17)14(3)21/h4-5,10,13-14,21H,6-9,12H2,1-3H3/t14-/m0/s1. The Kier molecular flexibility index (Phi) is 5.22. The van der Waals surface area contributed by atoms with Crippen LogP contribution >= 0.6 is 0 Å². The third-order valence-electron chi connectivity index (χ3n) is 3.95. The second kappa shape index (κ2) is 6.93. The molecule has 0 radical (unpaired) electrons. The molecule has 114 valence electrons. The van der Waals surface area contributed by atoms with Crippen molar-refractivity contribution in [1.29, 1.82) is 5.26 Å². The number of aliphatic hydroxyl groups excluding tert-OH is 1. The third-order valence-corrected chi connectivity index (χ3v) is 3.95. The summed E-state index contributed by atoms with van der Waals surface area (Å²) in [5.74, 6) is 0.687. The first-order valence-electron chi connectivity index (χ1n) is 7.70. The van der Waals surface area contributed by atoms with Crippen LogP contribution in [0.4, 0.5) is 5.69 Å². The van der Waals surface area contributed by atoms with E-state index in [9.17, 15) is 5.11 Å². The quantitative estimate of drug-likeness (QED) is 0.924. The molecule has 4 heteroatoms. The number of anilines is 1. The lowest BCUT2D eigenvalue weighted by atomic mass is 10.0. The SMILES string of the molecule is CC(C)CN1CCN(c2cc(C#N)ccc2[C@H](C)O)CC1. The van der Waals surface area contributed by atoms with Crippen LogP contribution in [0.15, 0.2) is 18.2 Å². The van der Waals surface area contributed by atoms with E-state index in [0.717, 1.165) is 44.0 Å². The maximum atomic E-state index is 9.95. The summed E-state index contributed by atoms with van der Waals surface area (Å²) < 4.78 is 0. The molecule has 1 aliphatic heterocycles. The fraction of sp³-hybridized carbons (Fsp3) is 0.588. The smallest absolute Gasteiger partial charge is 0.0992 e. The molecule has 1 aromatic rings. The van der Waals surface area contributed by atoms with Crippen molar-refractivity contribution in [1.82, 2.24) is 4.90 Å². The van der Waals surface area contributed by atoms with Crippen molar-refractivity contribution >= 4 is 5.69 Å². The summed E-state index contributed by atoms with van der Waals surface area (Å²) in [5, 5.41) is 19.0. The normalized spacial score (nSPS) is 17.8. The first-order chi connectivity index (χ1) is 10.0. The molecule has 1 fully saturated rings. The van der Waals surface area contributed by atoms with Crippen molar-refractivity contribution in [3.63, 3.8) is 0 Å². The van der Waals surface area contributed by atoms with Crippen LogP contribution in [0.25, 0.3) is 0 Å². The van der Waals surface area contributed by atoms with E-state index in [0.29, 0.717) is 11.5 Å². The Bertz CT molecular complexity index is 511. The third kappa shape index (κ3) is 3.96. The lowest BCUT2D eigenvalue weighted by Crippen LogP contribution is -2.47. The monoisotopic (exact) mass is 287 g/mol. The summed E-state index contributed by atoms with van der Waals surface area (Å²) in [7, 11) is 0. The Morgan fingerprint density at radius 1 is 1.19 bits per heavy atom. The Hall–Kier alpha value is -1.57. The number of piperazine rings is 1. The Labute approximate surface area is 127 Å². The molecule has 1 heterocycles. The minimum atomic E-state index is -0.513. The van der Waals surface area contributed by atoms with E-state index < -0.39 is 6.10 Å². The summed E-state index contributed by atoms with van der Waals surface area (Å²) in [6, 6.07) is 7.74. The average Bonchev–Trinajstić information content (AvgIpc) is 2.46. The average molecular weight is 287 g/mol. The predicted molar refractivity (Wildman–Crippen MR) is 85.3 cm³/mol. The van der Waals surface area contributed by atoms with Gasteiger partial charge >= 0.3 is 0 Å². The van der Waals surface area contributed by atoms with Crippen molar-refractivity contribution in [3.8, 4) is 6.07 Å². The van der Waals surface area contributed by atoms with Gasteiger partial charge in [-0.3, -0.25) is 4.90 Å². The molecule has 0 aromatic heterocycles. The summed E-state index contributed by atoms with van der Waals surface area (Å²) in [6.07, 6.45) is -0.513. The van der Waals surface area contributed by atoms with Crippen LogP contribution in [-0.2, 0) is 0 Å². The highest BCUT2D eigenvalue weighted by molar-refractivity contribution is 5.58. The van der Waals surface area contributed by atoms with Crippen molar-refractivity contribution in [2.75, 3.05) is 37.6 Å². The van der Waals surface area contributed by atoms with Crippen molar-refractivity contribution in [2.24, 2.45) is 5.92 Å². The van der Waals surface area contributed by atoms with Gasteiger partial charge in [-0.25, -0.2) is 0 Å². The van der Waals surface area contributed by atoms with Crippen LogP contribution in [-0.4, -0.2) is 42.7 Å². The van der Waals surface area contributed by atoms with Gasteiger partial charge in [0.2, 0.25) is 0 Å². The van der Waals surface area contributed by atoms with Gasteiger partial charge < -0.3 is 10.0 Å². The Balaban J connectivity index is 2.14. The van der Waals surface area contributed by atoms with Crippen LogP contribution in [0.5, 0.6) is 0 Å². The highest BCUT2D eigenvalue weighted by Crippen LogP contribution is 2.28. The van der Waals surface area contributed by atoms with Gasteiger partial charge in [-0.1, -0.05) is 19.9 Å². The highest BCUT2D eigenvalue weighted by Gasteiger charge is 2.21. The maximum Gasteiger partial charge on any atom is 0.0992 e. The minimum Gasteiger partial charge on any atom is -0.389 e. The van der Waals surface area contributed by atoms with E-state index >= 15 is 0 Å². The second-order valence-electron chi connectivity index (χ2n) is 6.24. The summed E-state index contributed by atoms with van der Waals surface area (Å²) >= 11 is 0. The van der Waals surface area contributed by atoms with Crippen LogP contribution in [0, 0.1) is 17.2 Å². The van der Waals surface area contributed by atoms with Gasteiger partial charge in [0.05, 0.1) is 17.7 Å². The molecule has 0 spiro atoms. The number of benzene rings is 1. The molecule has 1 N–H and O–H groups in total. The van der Waals surface area contributed by atoms with Gasteiger partial charge in [-0.2, -0.15) is 5.26 Å². The lowest BCUT2D eigenvalue weighted by Gasteiger charge is -2.38. The Morgan fingerprint density at radius 3 is 2.38 bits per heavy atom. The van der Waals surface area contributed by atoms with E-state index in [1.807, 2.05) is 12.1 Å². The number of nitrogens with zero attached hydrogens (tertiary/aromatic N) is 3. The largest absolute Gasteiger partial charge is 0.389 e. The topological polar surface area (TPSA) is 50.5 Å². The number of aliphatic hydroxyl groups is 1. The molecule has 1 atom stereocenters. The van der Waals surface area contributed by atoms with Crippen LogP contribution in [0.3, 0.4) is 0 Å². The maximum absolute atomic E-state index is 9.95. The second-order valence-corrected chi connectivity index (χ2v) is 6.24. The van der Waals surface area contributed by atoms with E-state index in [4.69, 9.17) is 5.26 Å². The molecular formula is C17H25N3O. The van der Waals surface area contributed by atoms with Crippen molar-refractivity contribution < 1.29 is 5.11 Å². The molecular weight excluding hydrogens is 262 g/mol. The predicted octanol–water partition coefficient (Wildman–Crippen LogP) is 2.39. The molecule has 1 aromatic carbocycles. The molecule has 2 rings (SSSR count). The highest BCUT2D eigenvalue weighted by atomic mass is 16.3. The van der Waals surface area contributed by atoms with Crippen molar-refractivity contribution in [2.45, 2.75) is 26.9 Å². The van der Waals surface area contributed by atoms with Crippen molar-refractivity contribution in [3.05, 3.63) is 29.3 Å². The zero-order valence-corrected chi connectivity index (χ0v) is 13.2. The Morgan fingerprint density at radius 2 is 1.86 bits per heavy atom. The molecule has 1 saturated heterocycles. The van der Waals surface area contributed by atoms with Crippen LogP contribution in [0.1, 0.15) is 38.0 Å². The summed E-state index contributed by atoms with van der Waals surface area (Å²) in [4.78, 5) is 4.77. The minimum absolute atomic E-state index is 0.513. The molecule has 21 heavy (non-hydrogen) atoms. The molecule has 0 unspecified atom stereocenters. The lowest BCUT2D eigenvalue weighted by molar-refractivity contribution is 0.198. The molecule has 0 bridgehead atoms. The molecule has 0 aliphatic carbocycles. The van der Waals surface area contributed by atoms with Gasteiger partial charge in [0, 0.05) is 44.0 Å². The van der Waals surface area contributed by atoms with Crippen LogP contribution < -0.4 is 4.90 Å². The van der Waals surface area contributed by atoms with E-state index in [-0.39, 0.29) is 0 Å². The number of hydrogen-bond acceptors (Lipinski definition) is 4. The van der Waals surface area contributed by atoms with Gasteiger partial charge in [-0.05, 0) is 25.0 Å². The van der Waals surface area contributed by atoms with E-state index in [2.05, 4.69) is 29.7 Å². The summed E-state index contributed by atoms with van der Waals surface area (Å²) in [5.41, 5.74) is 2.57. The van der Waals surface area contributed by atoms with Gasteiger partial charge in [-0.15, -0.1) is 0 Å². The number of nitriles is 1. The van der Waals surface area contributed by atoms with Gasteiger partial charge in [0.1, 0.15) is 0 Å². The van der Waals surface area contributed by atoms with E-state index in [1.165, 1.54) is 0 Å². The number of hydrogen-bond donors (Lipinski definition) is 1. The van der Waals surface area contributed by atoms with E-state index in [1.54, 1.807) is 13.0 Å². The fourth-order valence-corrected chi connectivity index (χ4v) is 2.93. The van der Waals surface area contributed by atoms with Gasteiger partial charge in [0.15, 0.2) is 0 Å². The van der Waals surface area contributed by atoms with Crippen LogP contribution in [0.2, 0.25) is 0 Å². The zero-order chi connectivity index (χ0) is 15.4.